The van der Waals surface area contributed by atoms with Gasteiger partial charge in [0.15, 0.2) is 5.69 Å². The third-order valence-electron chi connectivity index (χ3n) is 3.38. The van der Waals surface area contributed by atoms with Gasteiger partial charge in [0.1, 0.15) is 11.6 Å². The van der Waals surface area contributed by atoms with Crippen molar-refractivity contribution in [3.63, 3.8) is 0 Å². The van der Waals surface area contributed by atoms with Crippen molar-refractivity contribution in [2.75, 3.05) is 5.32 Å². The number of carbonyl (C=O) groups excluding carboxylic acids is 1. The summed E-state index contributed by atoms with van der Waals surface area (Å²) in [6.07, 6.45) is 0. The summed E-state index contributed by atoms with van der Waals surface area (Å²) in [6, 6.07) is 9.55. The SMILES string of the molecule is Cn1c(=O)c(C(=O)Nc2ccc(F)cc2F)nc2ccccc21. The molecule has 3 rings (SSSR count). The van der Waals surface area contributed by atoms with Crippen LogP contribution in [0.5, 0.6) is 0 Å². The molecule has 0 saturated heterocycles. The van der Waals surface area contributed by atoms with E-state index >= 15 is 0 Å². The molecular formula is C16H11F2N3O2. The molecule has 0 atom stereocenters. The van der Waals surface area contributed by atoms with Crippen molar-refractivity contribution in [1.82, 2.24) is 9.55 Å². The van der Waals surface area contributed by atoms with Crippen LogP contribution in [0.3, 0.4) is 0 Å². The Kier molecular flexibility index (Phi) is 3.61. The average molecular weight is 315 g/mol. The smallest absolute Gasteiger partial charge is 0.282 e. The Morgan fingerprint density at radius 2 is 1.91 bits per heavy atom. The van der Waals surface area contributed by atoms with Gasteiger partial charge < -0.3 is 9.88 Å². The minimum absolute atomic E-state index is 0.228. The van der Waals surface area contributed by atoms with Gasteiger partial charge in [0.2, 0.25) is 0 Å². The Bertz CT molecular complexity index is 983. The average Bonchev–Trinajstić information content (AvgIpc) is 2.53. The monoisotopic (exact) mass is 315 g/mol. The molecule has 5 nitrogen and oxygen atoms in total. The zero-order valence-electron chi connectivity index (χ0n) is 12.0. The van der Waals surface area contributed by atoms with Crippen molar-refractivity contribution in [2.24, 2.45) is 7.05 Å². The number of nitrogens with zero attached hydrogens (tertiary/aromatic N) is 2. The van der Waals surface area contributed by atoms with E-state index in [0.717, 1.165) is 12.1 Å². The standard InChI is InChI=1S/C16H11F2N3O2/c1-21-13-5-3-2-4-12(13)19-14(16(21)23)15(22)20-11-7-6-9(17)8-10(11)18/h2-8H,1H3,(H,20,22). The fourth-order valence-corrected chi connectivity index (χ4v) is 2.20. The molecule has 1 heterocycles. The summed E-state index contributed by atoms with van der Waals surface area (Å²) >= 11 is 0. The lowest BCUT2D eigenvalue weighted by Crippen LogP contribution is -2.30. The number of nitrogens with one attached hydrogen (secondary N) is 1. The van der Waals surface area contributed by atoms with Crippen molar-refractivity contribution in [1.29, 1.82) is 0 Å². The van der Waals surface area contributed by atoms with Crippen molar-refractivity contribution in [3.8, 4) is 0 Å². The lowest BCUT2D eigenvalue weighted by molar-refractivity contribution is 0.102. The molecule has 0 spiro atoms. The van der Waals surface area contributed by atoms with E-state index in [2.05, 4.69) is 10.3 Å². The predicted octanol–water partition coefficient (Wildman–Crippen LogP) is 2.46. The number of benzene rings is 2. The summed E-state index contributed by atoms with van der Waals surface area (Å²) in [6.45, 7) is 0. The fraction of sp³-hybridized carbons (Fsp3) is 0.0625. The van der Waals surface area contributed by atoms with Crippen LogP contribution >= 0.6 is 0 Å². The zero-order chi connectivity index (χ0) is 16.6. The maximum absolute atomic E-state index is 13.6. The Labute approximate surface area is 129 Å². The van der Waals surface area contributed by atoms with Gasteiger partial charge in [-0.2, -0.15) is 0 Å². The second kappa shape index (κ2) is 5.60. The van der Waals surface area contributed by atoms with E-state index in [1.54, 1.807) is 24.3 Å². The first-order valence-corrected chi connectivity index (χ1v) is 6.69. The van der Waals surface area contributed by atoms with Crippen molar-refractivity contribution >= 4 is 22.6 Å². The number of hydrogen-bond donors (Lipinski definition) is 1. The number of para-hydroxylation sites is 2. The van der Waals surface area contributed by atoms with Crippen LogP contribution < -0.4 is 10.9 Å². The summed E-state index contributed by atoms with van der Waals surface area (Å²) < 4.78 is 27.8. The molecular weight excluding hydrogens is 304 g/mol. The molecule has 0 saturated carbocycles. The van der Waals surface area contributed by atoms with E-state index in [1.807, 2.05) is 0 Å². The minimum Gasteiger partial charge on any atom is -0.318 e. The zero-order valence-corrected chi connectivity index (χ0v) is 12.0. The van der Waals surface area contributed by atoms with E-state index in [-0.39, 0.29) is 11.4 Å². The molecule has 0 aliphatic heterocycles. The molecule has 1 aromatic heterocycles. The van der Waals surface area contributed by atoms with Crippen LogP contribution in [0.2, 0.25) is 0 Å². The normalized spacial score (nSPS) is 10.7. The van der Waals surface area contributed by atoms with Gasteiger partial charge >= 0.3 is 0 Å². The maximum Gasteiger partial charge on any atom is 0.282 e. The van der Waals surface area contributed by atoms with Crippen molar-refractivity contribution < 1.29 is 13.6 Å². The van der Waals surface area contributed by atoms with Gasteiger partial charge in [0, 0.05) is 13.1 Å². The summed E-state index contributed by atoms with van der Waals surface area (Å²) in [4.78, 5) is 28.5. The number of halogens is 2. The molecule has 0 radical (unpaired) electrons. The van der Waals surface area contributed by atoms with Gasteiger partial charge in [-0.3, -0.25) is 9.59 Å². The van der Waals surface area contributed by atoms with Gasteiger partial charge in [-0.1, -0.05) is 12.1 Å². The highest BCUT2D eigenvalue weighted by atomic mass is 19.1. The minimum atomic E-state index is -0.934. The maximum atomic E-state index is 13.6. The number of anilines is 1. The second-order valence-electron chi connectivity index (χ2n) is 4.89. The third-order valence-corrected chi connectivity index (χ3v) is 3.38. The highest BCUT2D eigenvalue weighted by molar-refractivity contribution is 6.03. The lowest BCUT2D eigenvalue weighted by Gasteiger charge is -2.09. The van der Waals surface area contributed by atoms with Crippen LogP contribution in [0.4, 0.5) is 14.5 Å². The van der Waals surface area contributed by atoms with Crippen LogP contribution in [0, 0.1) is 11.6 Å². The summed E-state index contributed by atoms with van der Waals surface area (Å²) in [5, 5.41) is 2.23. The number of fused-ring (bicyclic) bond motifs is 1. The summed E-state index contributed by atoms with van der Waals surface area (Å²) in [5.41, 5.74) is -0.173. The van der Waals surface area contributed by atoms with E-state index in [4.69, 9.17) is 0 Å². The molecule has 2 aromatic carbocycles. The number of hydrogen-bond acceptors (Lipinski definition) is 3. The molecule has 116 valence electrons. The van der Waals surface area contributed by atoms with Gasteiger partial charge in [-0.15, -0.1) is 0 Å². The lowest BCUT2D eigenvalue weighted by atomic mass is 10.2. The van der Waals surface area contributed by atoms with E-state index in [9.17, 15) is 18.4 Å². The predicted molar refractivity (Wildman–Crippen MR) is 81.3 cm³/mol. The summed E-state index contributed by atoms with van der Waals surface area (Å²) in [5.74, 6) is -2.56. The van der Waals surface area contributed by atoms with Gasteiger partial charge in [0.25, 0.3) is 11.5 Å². The fourth-order valence-electron chi connectivity index (χ4n) is 2.20. The van der Waals surface area contributed by atoms with Crippen LogP contribution in [0.25, 0.3) is 11.0 Å². The van der Waals surface area contributed by atoms with Crippen LogP contribution in [0.1, 0.15) is 10.5 Å². The number of amides is 1. The highest BCUT2D eigenvalue weighted by Gasteiger charge is 2.17. The molecule has 0 unspecified atom stereocenters. The Morgan fingerprint density at radius 3 is 2.65 bits per heavy atom. The van der Waals surface area contributed by atoms with Gasteiger partial charge in [0.05, 0.1) is 16.7 Å². The number of carbonyl (C=O) groups is 1. The summed E-state index contributed by atoms with van der Waals surface area (Å²) in [7, 11) is 1.52. The number of rotatable bonds is 2. The van der Waals surface area contributed by atoms with Crippen LogP contribution in [-0.2, 0) is 7.05 Å². The molecule has 23 heavy (non-hydrogen) atoms. The highest BCUT2D eigenvalue weighted by Crippen LogP contribution is 2.16. The number of aryl methyl sites for hydroxylation is 1. The molecule has 0 aliphatic rings. The number of aromatic nitrogens is 2. The quantitative estimate of drug-likeness (QED) is 0.790. The Morgan fingerprint density at radius 1 is 1.17 bits per heavy atom. The van der Waals surface area contributed by atoms with Gasteiger partial charge in [-0.05, 0) is 24.3 Å². The topological polar surface area (TPSA) is 64.0 Å². The molecule has 1 amide bonds. The molecule has 0 aliphatic carbocycles. The van der Waals surface area contributed by atoms with E-state index in [1.165, 1.54) is 11.6 Å². The van der Waals surface area contributed by atoms with Gasteiger partial charge in [-0.25, -0.2) is 13.8 Å². The molecule has 1 N–H and O–H groups in total. The van der Waals surface area contributed by atoms with Crippen LogP contribution in [0.15, 0.2) is 47.3 Å². The molecule has 3 aromatic rings. The molecule has 0 fully saturated rings. The van der Waals surface area contributed by atoms with Crippen LogP contribution in [-0.4, -0.2) is 15.5 Å². The third kappa shape index (κ3) is 2.68. The second-order valence-corrected chi connectivity index (χ2v) is 4.89. The van der Waals surface area contributed by atoms with E-state index in [0.29, 0.717) is 17.1 Å². The Balaban J connectivity index is 2.04. The Hall–Kier alpha value is -3.09. The molecule has 0 bridgehead atoms. The van der Waals surface area contributed by atoms with Crippen molar-refractivity contribution in [2.45, 2.75) is 0 Å². The molecule has 7 heteroatoms. The first-order valence-electron chi connectivity index (χ1n) is 6.69. The first kappa shape index (κ1) is 14.8. The van der Waals surface area contributed by atoms with Crippen molar-refractivity contribution in [3.05, 3.63) is 70.1 Å². The first-order chi connectivity index (χ1) is 11.0. The van der Waals surface area contributed by atoms with E-state index < -0.39 is 23.1 Å². The largest absolute Gasteiger partial charge is 0.318 e.